The van der Waals surface area contributed by atoms with E-state index in [4.69, 9.17) is 12.2 Å². The summed E-state index contributed by atoms with van der Waals surface area (Å²) in [4.78, 5) is 4.35. The van der Waals surface area contributed by atoms with Gasteiger partial charge in [0.25, 0.3) is 0 Å². The van der Waals surface area contributed by atoms with Crippen molar-refractivity contribution in [1.82, 2.24) is 4.98 Å². The van der Waals surface area contributed by atoms with Gasteiger partial charge in [0, 0.05) is 17.1 Å². The van der Waals surface area contributed by atoms with Crippen LogP contribution in [-0.4, -0.2) is 15.4 Å². The first kappa shape index (κ1) is 9.62. The molecule has 0 radical (unpaired) electrons. The van der Waals surface area contributed by atoms with Crippen molar-refractivity contribution in [2.24, 2.45) is 0 Å². The molecule has 0 N–H and O–H groups in total. The van der Waals surface area contributed by atoms with Crippen LogP contribution in [0.3, 0.4) is 0 Å². The van der Waals surface area contributed by atoms with Gasteiger partial charge >= 0.3 is 0 Å². The molecule has 0 spiro atoms. The summed E-state index contributed by atoms with van der Waals surface area (Å²) in [5, 5.41) is 1.14. The average Bonchev–Trinajstić information content (AvgIpc) is 2.27. The number of fused-ring (bicyclic) bond motifs is 1. The molecule has 14 heavy (non-hydrogen) atoms. The highest BCUT2D eigenvalue weighted by molar-refractivity contribution is 8.23. The van der Waals surface area contributed by atoms with Gasteiger partial charge in [0.05, 0.1) is 9.71 Å². The molecule has 0 saturated carbocycles. The zero-order valence-electron chi connectivity index (χ0n) is 7.73. The van der Waals surface area contributed by atoms with Gasteiger partial charge in [-0.15, -0.1) is 11.8 Å². The zero-order valence-corrected chi connectivity index (χ0v) is 9.36. The van der Waals surface area contributed by atoms with Crippen LogP contribution < -0.4 is 0 Å². The maximum absolute atomic E-state index is 5.27. The van der Waals surface area contributed by atoms with E-state index < -0.39 is 0 Å². The average molecular weight is 219 g/mol. The van der Waals surface area contributed by atoms with Crippen LogP contribution in [0.4, 0.5) is 0 Å². The largest absolute Gasteiger partial charge is 0.256 e. The molecule has 0 unspecified atom stereocenters. The summed E-state index contributed by atoms with van der Waals surface area (Å²) < 4.78 is 0.898. The number of rotatable bonds is 1. The summed E-state index contributed by atoms with van der Waals surface area (Å²) in [6.07, 6.45) is 3.79. The van der Waals surface area contributed by atoms with E-state index in [0.29, 0.717) is 0 Å². The number of aromatic nitrogens is 1. The van der Waals surface area contributed by atoms with E-state index in [0.717, 1.165) is 20.7 Å². The third-order valence-corrected chi connectivity index (χ3v) is 3.35. The van der Waals surface area contributed by atoms with Crippen molar-refractivity contribution in [2.75, 3.05) is 6.26 Å². The lowest BCUT2D eigenvalue weighted by atomic mass is 10.1. The fraction of sp³-hybridized carbons (Fsp3) is 0.0909. The molecule has 1 heterocycles. The van der Waals surface area contributed by atoms with E-state index in [1.165, 1.54) is 0 Å². The van der Waals surface area contributed by atoms with Crippen LogP contribution in [0.5, 0.6) is 0 Å². The summed E-state index contributed by atoms with van der Waals surface area (Å²) >= 11 is 6.86. The van der Waals surface area contributed by atoms with Gasteiger partial charge in [-0.3, -0.25) is 4.98 Å². The summed E-state index contributed by atoms with van der Waals surface area (Å²) in [5.41, 5.74) is 2.06. The Balaban J connectivity index is 2.71. The fourth-order valence-electron chi connectivity index (χ4n) is 1.38. The van der Waals surface area contributed by atoms with Crippen LogP contribution in [0, 0.1) is 0 Å². The van der Waals surface area contributed by atoms with Gasteiger partial charge in [0.2, 0.25) is 0 Å². The van der Waals surface area contributed by atoms with Crippen LogP contribution in [-0.2, 0) is 0 Å². The number of thioether (sulfide) groups is 1. The predicted octanol–water partition coefficient (Wildman–Crippen LogP) is 3.27. The number of para-hydroxylation sites is 1. The molecule has 3 heteroatoms. The smallest absolute Gasteiger partial charge is 0.0797 e. The molecular formula is C11H9NS2. The molecule has 0 amide bonds. The molecule has 0 aliphatic carbocycles. The molecular weight excluding hydrogens is 210 g/mol. The third kappa shape index (κ3) is 1.65. The van der Waals surface area contributed by atoms with Crippen LogP contribution in [0.1, 0.15) is 5.56 Å². The minimum atomic E-state index is 0.898. The normalized spacial score (nSPS) is 10.4. The molecule has 0 aliphatic heterocycles. The van der Waals surface area contributed by atoms with E-state index in [1.54, 1.807) is 18.0 Å². The highest BCUT2D eigenvalue weighted by Gasteiger charge is 2.04. The van der Waals surface area contributed by atoms with E-state index >= 15 is 0 Å². The first-order valence-corrected chi connectivity index (χ1v) is 5.88. The molecule has 0 fully saturated rings. The van der Waals surface area contributed by atoms with Crippen molar-refractivity contribution in [3.63, 3.8) is 0 Å². The van der Waals surface area contributed by atoms with Gasteiger partial charge in [-0.05, 0) is 12.3 Å². The number of benzene rings is 1. The zero-order chi connectivity index (χ0) is 9.97. The lowest BCUT2D eigenvalue weighted by Gasteiger charge is -2.03. The van der Waals surface area contributed by atoms with E-state index in [9.17, 15) is 0 Å². The molecule has 1 aromatic heterocycles. The van der Waals surface area contributed by atoms with Crippen LogP contribution in [0.15, 0.2) is 36.5 Å². The first-order chi connectivity index (χ1) is 6.83. The summed E-state index contributed by atoms with van der Waals surface area (Å²) in [5.74, 6) is 0. The van der Waals surface area contributed by atoms with Gasteiger partial charge in [-0.25, -0.2) is 0 Å². The van der Waals surface area contributed by atoms with Gasteiger partial charge in [-0.2, -0.15) is 0 Å². The second-order valence-corrected chi connectivity index (χ2v) is 4.36. The monoisotopic (exact) mass is 219 g/mol. The van der Waals surface area contributed by atoms with Gasteiger partial charge < -0.3 is 0 Å². The van der Waals surface area contributed by atoms with E-state index in [2.05, 4.69) is 17.1 Å². The van der Waals surface area contributed by atoms with Crippen molar-refractivity contribution < 1.29 is 0 Å². The summed E-state index contributed by atoms with van der Waals surface area (Å²) in [7, 11) is 0. The highest BCUT2D eigenvalue weighted by atomic mass is 32.2. The summed E-state index contributed by atoms with van der Waals surface area (Å²) in [6.45, 7) is 0. The molecule has 0 atom stereocenters. The van der Waals surface area contributed by atoms with Gasteiger partial charge in [0.1, 0.15) is 0 Å². The molecule has 2 rings (SSSR count). The predicted molar refractivity (Wildman–Crippen MR) is 67.0 cm³/mol. The topological polar surface area (TPSA) is 12.9 Å². The number of hydrogen-bond donors (Lipinski definition) is 0. The maximum atomic E-state index is 5.27. The number of thiocarbonyl (C=S) groups is 1. The number of pyridine rings is 1. The minimum Gasteiger partial charge on any atom is -0.256 e. The second kappa shape index (κ2) is 4.07. The molecule has 2 aromatic rings. The molecule has 1 aromatic carbocycles. The Hall–Kier alpha value is -0.930. The molecule has 0 bridgehead atoms. The third-order valence-electron chi connectivity index (χ3n) is 2.04. The van der Waals surface area contributed by atoms with E-state index in [1.807, 2.05) is 24.5 Å². The van der Waals surface area contributed by atoms with Gasteiger partial charge in [0.15, 0.2) is 0 Å². The number of nitrogens with zero attached hydrogens (tertiary/aromatic N) is 1. The molecule has 70 valence electrons. The van der Waals surface area contributed by atoms with Crippen molar-refractivity contribution in [2.45, 2.75) is 0 Å². The Kier molecular flexibility index (Phi) is 2.79. The molecule has 1 nitrogen and oxygen atoms in total. The van der Waals surface area contributed by atoms with Crippen molar-refractivity contribution in [3.8, 4) is 0 Å². The maximum Gasteiger partial charge on any atom is 0.0797 e. The Morgan fingerprint density at radius 2 is 2.07 bits per heavy atom. The molecule has 0 aliphatic rings. The Morgan fingerprint density at radius 3 is 2.86 bits per heavy atom. The van der Waals surface area contributed by atoms with E-state index in [-0.39, 0.29) is 0 Å². The first-order valence-electron chi connectivity index (χ1n) is 4.25. The Bertz CT molecular complexity index is 474. The highest BCUT2D eigenvalue weighted by Crippen LogP contribution is 2.20. The minimum absolute atomic E-state index is 0.898. The summed E-state index contributed by atoms with van der Waals surface area (Å²) in [6, 6.07) is 10.1. The van der Waals surface area contributed by atoms with Crippen molar-refractivity contribution in [1.29, 1.82) is 0 Å². The fourth-order valence-corrected chi connectivity index (χ4v) is 1.93. The van der Waals surface area contributed by atoms with Crippen LogP contribution >= 0.6 is 24.0 Å². The Morgan fingerprint density at radius 1 is 1.29 bits per heavy atom. The quantitative estimate of drug-likeness (QED) is 0.683. The standard InChI is InChI=1S/C11H9NS2/c1-14-11(13)9-6-2-4-8-5-3-7-12-10(8)9/h2-7H,1H3. The lowest BCUT2D eigenvalue weighted by molar-refractivity contribution is 1.41. The Labute approximate surface area is 92.5 Å². The van der Waals surface area contributed by atoms with Gasteiger partial charge in [-0.1, -0.05) is 36.5 Å². The van der Waals surface area contributed by atoms with Crippen LogP contribution in [0.25, 0.3) is 10.9 Å². The molecule has 0 saturated heterocycles. The number of hydrogen-bond acceptors (Lipinski definition) is 3. The lowest BCUT2D eigenvalue weighted by Crippen LogP contribution is -1.93. The van der Waals surface area contributed by atoms with Crippen molar-refractivity contribution in [3.05, 3.63) is 42.1 Å². The second-order valence-electron chi connectivity index (χ2n) is 2.87. The van der Waals surface area contributed by atoms with Crippen LogP contribution in [0.2, 0.25) is 0 Å². The van der Waals surface area contributed by atoms with Crippen molar-refractivity contribution >= 4 is 39.1 Å². The SMILES string of the molecule is CSC(=S)c1cccc2cccnc12.